The highest BCUT2D eigenvalue weighted by molar-refractivity contribution is 5.31. The van der Waals surface area contributed by atoms with Gasteiger partial charge in [-0.05, 0) is 82.7 Å². The van der Waals surface area contributed by atoms with Gasteiger partial charge in [-0.3, -0.25) is 0 Å². The van der Waals surface area contributed by atoms with Crippen molar-refractivity contribution in [2.24, 2.45) is 5.92 Å². The van der Waals surface area contributed by atoms with Crippen molar-refractivity contribution in [1.29, 1.82) is 0 Å². The van der Waals surface area contributed by atoms with Gasteiger partial charge in [0.05, 0.1) is 11.7 Å². The van der Waals surface area contributed by atoms with Crippen LogP contribution in [0.4, 0.5) is 0 Å². The first-order valence-corrected chi connectivity index (χ1v) is 10.8. The summed E-state index contributed by atoms with van der Waals surface area (Å²) in [5.74, 6) is 1.28. The summed E-state index contributed by atoms with van der Waals surface area (Å²) in [7, 11) is 0. The largest absolute Gasteiger partial charge is 0.491 e. The SMILES string of the molecule is CC(C)Oc1ccc([C@](O)(CCN2CCCCC2)C2CCCCC2)cc1. The van der Waals surface area contributed by atoms with Crippen LogP contribution in [0.5, 0.6) is 5.75 Å². The summed E-state index contributed by atoms with van der Waals surface area (Å²) in [6, 6.07) is 8.26. The fourth-order valence-electron chi connectivity index (χ4n) is 4.77. The maximum Gasteiger partial charge on any atom is 0.119 e. The van der Waals surface area contributed by atoms with Crippen LogP contribution >= 0.6 is 0 Å². The van der Waals surface area contributed by atoms with E-state index >= 15 is 0 Å². The van der Waals surface area contributed by atoms with Crippen molar-refractivity contribution < 1.29 is 9.84 Å². The zero-order valence-electron chi connectivity index (χ0n) is 16.8. The smallest absolute Gasteiger partial charge is 0.119 e. The van der Waals surface area contributed by atoms with Crippen LogP contribution in [0.1, 0.15) is 77.2 Å². The lowest BCUT2D eigenvalue weighted by Crippen LogP contribution is -2.41. The highest BCUT2D eigenvalue weighted by Crippen LogP contribution is 2.42. The van der Waals surface area contributed by atoms with Crippen LogP contribution < -0.4 is 4.74 Å². The van der Waals surface area contributed by atoms with Crippen molar-refractivity contribution in [3.63, 3.8) is 0 Å². The summed E-state index contributed by atoms with van der Waals surface area (Å²) in [6.07, 6.45) is 11.1. The molecule has 1 heterocycles. The van der Waals surface area contributed by atoms with E-state index in [2.05, 4.69) is 17.0 Å². The Bertz CT molecular complexity index is 530. The minimum Gasteiger partial charge on any atom is -0.491 e. The first-order chi connectivity index (χ1) is 12.6. The molecule has 26 heavy (non-hydrogen) atoms. The van der Waals surface area contributed by atoms with Gasteiger partial charge < -0.3 is 14.7 Å². The van der Waals surface area contributed by atoms with Gasteiger partial charge in [0.25, 0.3) is 0 Å². The second-order valence-corrected chi connectivity index (χ2v) is 8.60. The summed E-state index contributed by atoms with van der Waals surface area (Å²) in [6.45, 7) is 7.50. The lowest BCUT2D eigenvalue weighted by Gasteiger charge is -2.41. The van der Waals surface area contributed by atoms with E-state index in [-0.39, 0.29) is 6.10 Å². The minimum absolute atomic E-state index is 0.178. The molecule has 1 saturated heterocycles. The summed E-state index contributed by atoms with van der Waals surface area (Å²) in [5, 5.41) is 11.8. The van der Waals surface area contributed by atoms with Crippen LogP contribution in [0, 0.1) is 5.92 Å². The maximum atomic E-state index is 11.8. The molecule has 0 aromatic heterocycles. The highest BCUT2D eigenvalue weighted by atomic mass is 16.5. The van der Waals surface area contributed by atoms with Gasteiger partial charge >= 0.3 is 0 Å². The molecule has 1 saturated carbocycles. The van der Waals surface area contributed by atoms with Gasteiger partial charge in [0.2, 0.25) is 0 Å². The monoisotopic (exact) mass is 359 g/mol. The molecule has 1 atom stereocenters. The van der Waals surface area contributed by atoms with Crippen molar-refractivity contribution >= 4 is 0 Å². The standard InChI is InChI=1S/C23H37NO2/c1-19(2)26-22-13-11-21(12-14-22)23(25,20-9-5-3-6-10-20)15-18-24-16-7-4-8-17-24/h11-14,19-20,25H,3-10,15-18H2,1-2H3/t23-/m0/s1. The van der Waals surface area contributed by atoms with Crippen LogP contribution in [0.3, 0.4) is 0 Å². The molecule has 3 nitrogen and oxygen atoms in total. The number of aliphatic hydroxyl groups is 1. The first-order valence-electron chi connectivity index (χ1n) is 10.8. The highest BCUT2D eigenvalue weighted by Gasteiger charge is 2.39. The molecule has 1 aromatic carbocycles. The third-order valence-electron chi connectivity index (χ3n) is 6.26. The van der Waals surface area contributed by atoms with Gasteiger partial charge in [0.1, 0.15) is 5.75 Å². The zero-order chi connectivity index (χ0) is 18.4. The zero-order valence-corrected chi connectivity index (χ0v) is 16.8. The van der Waals surface area contributed by atoms with Gasteiger partial charge in [0, 0.05) is 6.54 Å². The van der Waals surface area contributed by atoms with E-state index in [1.165, 1.54) is 51.6 Å². The molecule has 3 heteroatoms. The van der Waals surface area contributed by atoms with E-state index in [1.807, 2.05) is 26.0 Å². The number of likely N-dealkylation sites (tertiary alicyclic amines) is 1. The molecular formula is C23H37NO2. The first kappa shape index (κ1) is 19.7. The number of rotatable bonds is 7. The Morgan fingerprint density at radius 3 is 2.23 bits per heavy atom. The van der Waals surface area contributed by atoms with E-state index in [1.54, 1.807) is 0 Å². The molecule has 0 amide bonds. The molecule has 3 rings (SSSR count). The van der Waals surface area contributed by atoms with Gasteiger partial charge in [-0.1, -0.05) is 37.8 Å². The molecule has 1 aromatic rings. The number of benzene rings is 1. The average molecular weight is 360 g/mol. The van der Waals surface area contributed by atoms with Gasteiger partial charge in [-0.15, -0.1) is 0 Å². The third kappa shape index (κ3) is 5.01. The van der Waals surface area contributed by atoms with Crippen LogP contribution in [0.25, 0.3) is 0 Å². The Hall–Kier alpha value is -1.06. The third-order valence-corrected chi connectivity index (χ3v) is 6.26. The Balaban J connectivity index is 1.74. The summed E-state index contributed by atoms with van der Waals surface area (Å²) in [4.78, 5) is 2.55. The Morgan fingerprint density at radius 2 is 1.62 bits per heavy atom. The van der Waals surface area contributed by atoms with Crippen molar-refractivity contribution in [2.75, 3.05) is 19.6 Å². The summed E-state index contributed by atoms with van der Waals surface area (Å²) < 4.78 is 5.79. The fraction of sp³-hybridized carbons (Fsp3) is 0.739. The molecule has 0 spiro atoms. The molecule has 2 fully saturated rings. The normalized spacial score (nSPS) is 22.3. The van der Waals surface area contributed by atoms with Crippen molar-refractivity contribution in [1.82, 2.24) is 4.90 Å². The van der Waals surface area contributed by atoms with Crippen LogP contribution in [0.2, 0.25) is 0 Å². The lowest BCUT2D eigenvalue weighted by atomic mass is 9.71. The van der Waals surface area contributed by atoms with Crippen LogP contribution in [0.15, 0.2) is 24.3 Å². The number of piperidine rings is 1. The van der Waals surface area contributed by atoms with Gasteiger partial charge in [-0.2, -0.15) is 0 Å². The van der Waals surface area contributed by atoms with Crippen LogP contribution in [-0.2, 0) is 5.60 Å². The fourth-order valence-corrected chi connectivity index (χ4v) is 4.77. The molecule has 0 unspecified atom stereocenters. The Morgan fingerprint density at radius 1 is 1.00 bits per heavy atom. The quantitative estimate of drug-likeness (QED) is 0.733. The van der Waals surface area contributed by atoms with E-state index in [4.69, 9.17) is 4.74 Å². The molecule has 1 aliphatic heterocycles. The van der Waals surface area contributed by atoms with Gasteiger partial charge in [-0.25, -0.2) is 0 Å². The number of hydrogen-bond donors (Lipinski definition) is 1. The molecular weight excluding hydrogens is 322 g/mol. The predicted molar refractivity (Wildman–Crippen MR) is 108 cm³/mol. The second kappa shape index (κ2) is 9.23. The lowest BCUT2D eigenvalue weighted by molar-refractivity contribution is -0.0529. The Labute approximate surface area is 159 Å². The topological polar surface area (TPSA) is 32.7 Å². The molecule has 0 bridgehead atoms. The van der Waals surface area contributed by atoms with E-state index in [0.717, 1.165) is 37.1 Å². The van der Waals surface area contributed by atoms with Crippen molar-refractivity contribution in [3.05, 3.63) is 29.8 Å². The summed E-state index contributed by atoms with van der Waals surface area (Å²) >= 11 is 0. The van der Waals surface area contributed by atoms with Crippen LogP contribution in [-0.4, -0.2) is 35.7 Å². The minimum atomic E-state index is -0.700. The number of hydrogen-bond acceptors (Lipinski definition) is 3. The molecule has 0 radical (unpaired) electrons. The molecule has 2 aliphatic rings. The van der Waals surface area contributed by atoms with E-state index in [9.17, 15) is 5.11 Å². The maximum absolute atomic E-state index is 11.8. The van der Waals surface area contributed by atoms with Crippen molar-refractivity contribution in [2.45, 2.75) is 83.3 Å². The second-order valence-electron chi connectivity index (χ2n) is 8.60. The molecule has 146 valence electrons. The Kier molecular flexibility index (Phi) is 6.99. The average Bonchev–Trinajstić information content (AvgIpc) is 2.68. The predicted octanol–water partition coefficient (Wildman–Crippen LogP) is 5.12. The number of nitrogens with zero attached hydrogens (tertiary/aromatic N) is 1. The van der Waals surface area contributed by atoms with E-state index < -0.39 is 5.60 Å². The molecule has 1 N–H and O–H groups in total. The number of ether oxygens (including phenoxy) is 1. The van der Waals surface area contributed by atoms with Crippen molar-refractivity contribution in [3.8, 4) is 5.75 Å². The summed E-state index contributed by atoms with van der Waals surface area (Å²) in [5.41, 5.74) is 0.381. The van der Waals surface area contributed by atoms with E-state index in [0.29, 0.717) is 5.92 Å². The molecule has 1 aliphatic carbocycles. The van der Waals surface area contributed by atoms with Gasteiger partial charge in [0.15, 0.2) is 0 Å².